The molecule has 1 aromatic carbocycles. The fourth-order valence-corrected chi connectivity index (χ4v) is 4.78. The van der Waals surface area contributed by atoms with Crippen LogP contribution in [0.15, 0.2) is 34.5 Å². The molecular weight excluding hydrogens is 439 g/mol. The third-order valence-electron chi connectivity index (χ3n) is 2.23. The topological polar surface area (TPSA) is 89.3 Å². The lowest BCUT2D eigenvalue weighted by Crippen LogP contribution is -2.12. The fourth-order valence-electron chi connectivity index (χ4n) is 1.33. The van der Waals surface area contributed by atoms with Gasteiger partial charge in [0, 0.05) is 9.64 Å². The molecule has 10 heteroatoms. The molecule has 2 aromatic rings. The van der Waals surface area contributed by atoms with Crippen molar-refractivity contribution in [2.75, 3.05) is 4.72 Å². The average Bonchev–Trinajstić information content (AvgIpc) is 2.75. The van der Waals surface area contributed by atoms with Crippen molar-refractivity contribution >= 4 is 66.9 Å². The summed E-state index contributed by atoms with van der Waals surface area (Å²) < 4.78 is 27.0. The zero-order valence-corrected chi connectivity index (χ0v) is 14.1. The predicted octanol–water partition coefficient (Wildman–Crippen LogP) is 3.72. The van der Waals surface area contributed by atoms with Crippen molar-refractivity contribution in [1.29, 1.82) is 0 Å². The van der Waals surface area contributed by atoms with Gasteiger partial charge in [0.2, 0.25) is 0 Å². The van der Waals surface area contributed by atoms with Crippen LogP contribution in [-0.2, 0) is 10.0 Å². The van der Waals surface area contributed by atoms with E-state index >= 15 is 0 Å². The third kappa shape index (κ3) is 3.22. The SMILES string of the molecule is O=[N+]([O-])c1cc(S(=O)(=O)Nc2ccccc2I)sc1Cl. The van der Waals surface area contributed by atoms with Crippen LogP contribution < -0.4 is 4.72 Å². The lowest BCUT2D eigenvalue weighted by molar-refractivity contribution is -0.384. The van der Waals surface area contributed by atoms with Gasteiger partial charge in [-0.2, -0.15) is 0 Å². The number of hydrogen-bond acceptors (Lipinski definition) is 5. The highest BCUT2D eigenvalue weighted by Gasteiger charge is 2.25. The molecule has 6 nitrogen and oxygen atoms in total. The van der Waals surface area contributed by atoms with Gasteiger partial charge in [-0.3, -0.25) is 14.8 Å². The van der Waals surface area contributed by atoms with Crippen LogP contribution >= 0.6 is 45.5 Å². The summed E-state index contributed by atoms with van der Waals surface area (Å²) in [7, 11) is -3.90. The van der Waals surface area contributed by atoms with Crippen LogP contribution in [0.4, 0.5) is 11.4 Å². The van der Waals surface area contributed by atoms with Gasteiger partial charge in [0.15, 0.2) is 4.34 Å². The molecule has 0 bridgehead atoms. The maximum Gasteiger partial charge on any atom is 0.300 e. The number of anilines is 1. The van der Waals surface area contributed by atoms with Crippen molar-refractivity contribution in [2.24, 2.45) is 0 Å². The molecule has 0 fully saturated rings. The van der Waals surface area contributed by atoms with E-state index in [1.807, 2.05) is 22.6 Å². The highest BCUT2D eigenvalue weighted by atomic mass is 127. The largest absolute Gasteiger partial charge is 0.300 e. The van der Waals surface area contributed by atoms with Gasteiger partial charge >= 0.3 is 0 Å². The van der Waals surface area contributed by atoms with Crippen LogP contribution in [0.2, 0.25) is 4.34 Å². The second-order valence-electron chi connectivity index (χ2n) is 3.57. The fraction of sp³-hybridized carbons (Fsp3) is 0. The van der Waals surface area contributed by atoms with Crippen LogP contribution in [0, 0.1) is 13.7 Å². The van der Waals surface area contributed by atoms with Gasteiger partial charge in [0.05, 0.1) is 10.6 Å². The van der Waals surface area contributed by atoms with Crippen LogP contribution in [0.5, 0.6) is 0 Å². The molecule has 20 heavy (non-hydrogen) atoms. The number of nitrogens with zero attached hydrogens (tertiary/aromatic N) is 1. The molecule has 1 heterocycles. The highest BCUT2D eigenvalue weighted by molar-refractivity contribution is 14.1. The van der Waals surface area contributed by atoms with E-state index in [1.165, 1.54) is 0 Å². The van der Waals surface area contributed by atoms with E-state index in [1.54, 1.807) is 24.3 Å². The molecule has 1 aromatic heterocycles. The maximum absolute atomic E-state index is 12.2. The Balaban J connectivity index is 2.39. The summed E-state index contributed by atoms with van der Waals surface area (Å²) in [5, 5.41) is 10.7. The number of benzene rings is 1. The minimum atomic E-state index is -3.90. The Morgan fingerprint density at radius 3 is 2.55 bits per heavy atom. The van der Waals surface area contributed by atoms with Gasteiger partial charge < -0.3 is 0 Å². The molecule has 0 aliphatic heterocycles. The van der Waals surface area contributed by atoms with Crippen molar-refractivity contribution < 1.29 is 13.3 Å². The Morgan fingerprint density at radius 2 is 2.00 bits per heavy atom. The number of nitrogens with one attached hydrogen (secondary N) is 1. The molecular formula is C10H6ClIN2O4S2. The van der Waals surface area contributed by atoms with Gasteiger partial charge in [-0.05, 0) is 34.7 Å². The molecule has 0 unspecified atom stereocenters. The maximum atomic E-state index is 12.2. The zero-order valence-electron chi connectivity index (χ0n) is 9.54. The number of thiophene rings is 1. The van der Waals surface area contributed by atoms with E-state index in [2.05, 4.69) is 4.72 Å². The summed E-state index contributed by atoms with van der Waals surface area (Å²) in [6.45, 7) is 0. The molecule has 0 saturated heterocycles. The first-order valence-corrected chi connectivity index (χ1v) is 8.78. The molecule has 0 saturated carbocycles. The van der Waals surface area contributed by atoms with Gasteiger partial charge in [0.1, 0.15) is 4.21 Å². The zero-order chi connectivity index (χ0) is 14.9. The lowest BCUT2D eigenvalue weighted by atomic mass is 10.3. The Kier molecular flexibility index (Phi) is 4.52. The highest BCUT2D eigenvalue weighted by Crippen LogP contribution is 2.37. The second kappa shape index (κ2) is 5.84. The van der Waals surface area contributed by atoms with Crippen LogP contribution in [0.1, 0.15) is 0 Å². The van der Waals surface area contributed by atoms with E-state index in [-0.39, 0.29) is 8.55 Å². The summed E-state index contributed by atoms with van der Waals surface area (Å²) in [6.07, 6.45) is 0. The standard InChI is InChI=1S/C10H6ClIN2O4S2/c11-10-8(14(15)16)5-9(19-10)20(17,18)13-7-4-2-1-3-6(7)12/h1-5,13H. The molecule has 0 aliphatic rings. The normalized spacial score (nSPS) is 11.3. The van der Waals surface area contributed by atoms with Crippen LogP contribution in [0.25, 0.3) is 0 Å². The van der Waals surface area contributed by atoms with Crippen molar-refractivity contribution in [3.63, 3.8) is 0 Å². The quantitative estimate of drug-likeness (QED) is 0.442. The average molecular weight is 445 g/mol. The van der Waals surface area contributed by atoms with Gasteiger partial charge in [-0.25, -0.2) is 8.42 Å². The van der Waals surface area contributed by atoms with Crippen LogP contribution in [0.3, 0.4) is 0 Å². The predicted molar refractivity (Wildman–Crippen MR) is 86.0 cm³/mol. The summed E-state index contributed by atoms with van der Waals surface area (Å²) in [5.74, 6) is 0. The summed E-state index contributed by atoms with van der Waals surface area (Å²) in [6, 6.07) is 7.74. The Hall–Kier alpha value is -0.910. The lowest BCUT2D eigenvalue weighted by Gasteiger charge is -2.07. The minimum absolute atomic E-state index is 0.168. The number of hydrogen-bond donors (Lipinski definition) is 1. The first-order chi connectivity index (χ1) is 9.31. The molecule has 1 N–H and O–H groups in total. The third-order valence-corrected chi connectivity index (χ3v) is 6.34. The first-order valence-electron chi connectivity index (χ1n) is 5.02. The Labute approximate surface area is 137 Å². The molecule has 0 radical (unpaired) electrons. The Morgan fingerprint density at radius 1 is 1.35 bits per heavy atom. The summed E-state index contributed by atoms with van der Waals surface area (Å²) >= 11 is 8.29. The number of sulfonamides is 1. The molecule has 0 aliphatic carbocycles. The van der Waals surface area contributed by atoms with E-state index in [4.69, 9.17) is 11.6 Å². The van der Waals surface area contributed by atoms with Crippen molar-refractivity contribution in [2.45, 2.75) is 4.21 Å². The van der Waals surface area contributed by atoms with E-state index in [0.717, 1.165) is 6.07 Å². The molecule has 2 rings (SSSR count). The Bertz CT molecular complexity index is 775. The molecule has 0 spiro atoms. The van der Waals surface area contributed by atoms with E-state index in [9.17, 15) is 18.5 Å². The van der Waals surface area contributed by atoms with E-state index in [0.29, 0.717) is 20.6 Å². The van der Waals surface area contributed by atoms with Gasteiger partial charge in [-0.15, -0.1) is 11.3 Å². The van der Waals surface area contributed by atoms with E-state index < -0.39 is 20.6 Å². The second-order valence-corrected chi connectivity index (χ2v) is 8.29. The van der Waals surface area contributed by atoms with Gasteiger partial charge in [-0.1, -0.05) is 23.7 Å². The number of para-hydroxylation sites is 1. The molecule has 0 atom stereocenters. The monoisotopic (exact) mass is 444 g/mol. The summed E-state index contributed by atoms with van der Waals surface area (Å²) in [5.41, 5.74) is -0.0138. The van der Waals surface area contributed by atoms with Gasteiger partial charge in [0.25, 0.3) is 15.7 Å². The molecule has 106 valence electrons. The van der Waals surface area contributed by atoms with Crippen molar-refractivity contribution in [3.8, 4) is 0 Å². The number of halogens is 2. The minimum Gasteiger partial charge on any atom is -0.278 e. The van der Waals surface area contributed by atoms with Crippen molar-refractivity contribution in [3.05, 3.63) is 48.4 Å². The van der Waals surface area contributed by atoms with Crippen molar-refractivity contribution in [1.82, 2.24) is 0 Å². The summed E-state index contributed by atoms with van der Waals surface area (Å²) in [4.78, 5) is 9.97. The van der Waals surface area contributed by atoms with Crippen LogP contribution in [-0.4, -0.2) is 13.3 Å². The molecule has 0 amide bonds. The first kappa shape index (κ1) is 15.5. The smallest absolute Gasteiger partial charge is 0.278 e. The number of nitro groups is 1. The number of rotatable bonds is 4.